The number of hydrogen-bond acceptors (Lipinski definition) is 2. The quantitative estimate of drug-likeness (QED) is 0.662. The van der Waals surface area contributed by atoms with Crippen LogP contribution in [0, 0.1) is 0 Å². The zero-order chi connectivity index (χ0) is 10.2. The van der Waals surface area contributed by atoms with Gasteiger partial charge in [0.2, 0.25) is 0 Å². The summed E-state index contributed by atoms with van der Waals surface area (Å²) in [5, 5.41) is 17.3. The molecule has 0 aliphatic rings. The zero-order valence-corrected chi connectivity index (χ0v) is 9.40. The summed E-state index contributed by atoms with van der Waals surface area (Å²) in [6.07, 6.45) is 0. The van der Waals surface area contributed by atoms with Crippen LogP contribution in [0.15, 0.2) is 60.7 Å². The summed E-state index contributed by atoms with van der Waals surface area (Å²) in [4.78, 5) is 0. The van der Waals surface area contributed by atoms with Crippen LogP contribution >= 0.6 is 0 Å². The van der Waals surface area contributed by atoms with Crippen molar-refractivity contribution in [2.75, 3.05) is 0 Å². The maximum atomic E-state index is 8.63. The van der Waals surface area contributed by atoms with Crippen LogP contribution in [0.2, 0.25) is 0 Å². The minimum Gasteiger partial charge on any atom is -0.508 e. The SMILES string of the molecule is Oc1ccccc1.Oc1ccccc1.[Al]. The van der Waals surface area contributed by atoms with E-state index < -0.39 is 0 Å². The van der Waals surface area contributed by atoms with E-state index in [1.807, 2.05) is 12.1 Å². The highest BCUT2D eigenvalue weighted by Crippen LogP contribution is 2.03. The van der Waals surface area contributed by atoms with Crippen LogP contribution in [0.3, 0.4) is 0 Å². The van der Waals surface area contributed by atoms with Crippen molar-refractivity contribution in [1.82, 2.24) is 0 Å². The fraction of sp³-hybridized carbons (Fsp3) is 0. The van der Waals surface area contributed by atoms with Gasteiger partial charge in [-0.2, -0.15) is 0 Å². The summed E-state index contributed by atoms with van der Waals surface area (Å²) in [6, 6.07) is 17.4. The summed E-state index contributed by atoms with van der Waals surface area (Å²) in [5.74, 6) is 0.644. The molecule has 0 saturated carbocycles. The molecule has 2 aromatic carbocycles. The molecular formula is C12H12AlO2. The van der Waals surface area contributed by atoms with E-state index in [2.05, 4.69) is 0 Å². The number of phenolic OH excluding ortho intramolecular Hbond substituents is 2. The molecule has 3 heteroatoms. The van der Waals surface area contributed by atoms with Crippen LogP contribution in [-0.2, 0) is 0 Å². The molecule has 2 nitrogen and oxygen atoms in total. The molecule has 0 atom stereocenters. The average molecular weight is 215 g/mol. The van der Waals surface area contributed by atoms with E-state index in [9.17, 15) is 0 Å². The van der Waals surface area contributed by atoms with Crippen molar-refractivity contribution in [3.05, 3.63) is 60.7 Å². The van der Waals surface area contributed by atoms with Gasteiger partial charge < -0.3 is 10.2 Å². The largest absolute Gasteiger partial charge is 0.508 e. The van der Waals surface area contributed by atoms with Gasteiger partial charge in [0.05, 0.1) is 0 Å². The minimum atomic E-state index is 0. The van der Waals surface area contributed by atoms with Crippen molar-refractivity contribution < 1.29 is 10.2 Å². The van der Waals surface area contributed by atoms with Gasteiger partial charge in [0.25, 0.3) is 0 Å². The van der Waals surface area contributed by atoms with E-state index in [4.69, 9.17) is 10.2 Å². The predicted molar refractivity (Wildman–Crippen MR) is 62.0 cm³/mol. The fourth-order valence-electron chi connectivity index (χ4n) is 0.856. The van der Waals surface area contributed by atoms with Crippen LogP contribution in [0.1, 0.15) is 0 Å². The molecule has 0 spiro atoms. The Morgan fingerprint density at radius 2 is 0.800 bits per heavy atom. The van der Waals surface area contributed by atoms with Gasteiger partial charge in [0.1, 0.15) is 11.5 Å². The molecule has 0 aromatic heterocycles. The first-order chi connectivity index (χ1) is 6.79. The van der Waals surface area contributed by atoms with Gasteiger partial charge in [-0.25, -0.2) is 0 Å². The lowest BCUT2D eigenvalue weighted by atomic mass is 10.3. The first kappa shape index (κ1) is 13.6. The van der Waals surface area contributed by atoms with Crippen molar-refractivity contribution >= 4 is 17.4 Å². The van der Waals surface area contributed by atoms with Gasteiger partial charge in [0.15, 0.2) is 0 Å². The molecule has 0 saturated heterocycles. The number of para-hydroxylation sites is 2. The first-order valence-electron chi connectivity index (χ1n) is 4.27. The van der Waals surface area contributed by atoms with E-state index in [0.717, 1.165) is 0 Å². The third-order valence-corrected chi connectivity index (χ3v) is 1.51. The second-order valence-electron chi connectivity index (χ2n) is 2.67. The lowest BCUT2D eigenvalue weighted by Crippen LogP contribution is -1.56. The third kappa shape index (κ3) is 6.62. The number of hydrogen-bond donors (Lipinski definition) is 2. The summed E-state index contributed by atoms with van der Waals surface area (Å²) < 4.78 is 0. The van der Waals surface area contributed by atoms with Gasteiger partial charge in [-0.1, -0.05) is 36.4 Å². The van der Waals surface area contributed by atoms with Crippen molar-refractivity contribution in [1.29, 1.82) is 0 Å². The van der Waals surface area contributed by atoms with E-state index >= 15 is 0 Å². The minimum absolute atomic E-state index is 0. The Morgan fingerprint density at radius 3 is 0.933 bits per heavy atom. The van der Waals surface area contributed by atoms with Crippen molar-refractivity contribution in [3.8, 4) is 11.5 Å². The molecule has 3 radical (unpaired) electrons. The highest BCUT2D eigenvalue weighted by atomic mass is 27.0. The van der Waals surface area contributed by atoms with E-state index in [1.165, 1.54) is 0 Å². The maximum Gasteiger partial charge on any atom is 0.115 e. The standard InChI is InChI=1S/2C6H6O.Al/c2*7-6-4-2-1-3-5-6;/h2*1-5,7H;. The summed E-state index contributed by atoms with van der Waals surface area (Å²) in [7, 11) is 0. The Balaban J connectivity index is 0.000000245. The first-order valence-corrected chi connectivity index (χ1v) is 4.27. The second kappa shape index (κ2) is 7.93. The molecule has 2 rings (SSSR count). The number of benzene rings is 2. The van der Waals surface area contributed by atoms with Gasteiger partial charge in [0, 0.05) is 17.4 Å². The average Bonchev–Trinajstić information content (AvgIpc) is 2.21. The molecule has 0 aliphatic carbocycles. The third-order valence-electron chi connectivity index (χ3n) is 1.51. The maximum absolute atomic E-state index is 8.63. The molecule has 0 bridgehead atoms. The Kier molecular flexibility index (Phi) is 7.17. The zero-order valence-electron chi connectivity index (χ0n) is 8.25. The fourth-order valence-corrected chi connectivity index (χ4v) is 0.856. The highest BCUT2D eigenvalue weighted by Gasteiger charge is 1.75. The second-order valence-corrected chi connectivity index (χ2v) is 2.67. The smallest absolute Gasteiger partial charge is 0.115 e. The normalized spacial score (nSPS) is 8.00. The predicted octanol–water partition coefficient (Wildman–Crippen LogP) is 2.40. The summed E-state index contributed by atoms with van der Waals surface area (Å²) in [6.45, 7) is 0. The number of rotatable bonds is 0. The van der Waals surface area contributed by atoms with Gasteiger partial charge in [-0.3, -0.25) is 0 Å². The molecule has 0 heterocycles. The lowest BCUT2D eigenvalue weighted by molar-refractivity contribution is 0.475. The lowest BCUT2D eigenvalue weighted by Gasteiger charge is -1.82. The van der Waals surface area contributed by atoms with Crippen LogP contribution in [0.25, 0.3) is 0 Å². The van der Waals surface area contributed by atoms with Gasteiger partial charge in [-0.05, 0) is 24.3 Å². The van der Waals surface area contributed by atoms with E-state index in [0.29, 0.717) is 11.5 Å². The number of aromatic hydroxyl groups is 2. The summed E-state index contributed by atoms with van der Waals surface area (Å²) >= 11 is 0. The molecular weight excluding hydrogens is 203 g/mol. The molecule has 0 amide bonds. The molecule has 2 N–H and O–H groups in total. The van der Waals surface area contributed by atoms with Crippen LogP contribution in [0.4, 0.5) is 0 Å². The van der Waals surface area contributed by atoms with Crippen LogP contribution < -0.4 is 0 Å². The van der Waals surface area contributed by atoms with Crippen LogP contribution in [0.5, 0.6) is 11.5 Å². The van der Waals surface area contributed by atoms with Crippen LogP contribution in [-0.4, -0.2) is 27.6 Å². The molecule has 0 aliphatic heterocycles. The molecule has 15 heavy (non-hydrogen) atoms. The Labute approximate surface area is 100.0 Å². The molecule has 0 fully saturated rings. The van der Waals surface area contributed by atoms with Gasteiger partial charge >= 0.3 is 0 Å². The molecule has 75 valence electrons. The summed E-state index contributed by atoms with van der Waals surface area (Å²) in [5.41, 5.74) is 0. The van der Waals surface area contributed by atoms with Crippen molar-refractivity contribution in [3.63, 3.8) is 0 Å². The Morgan fingerprint density at radius 1 is 0.533 bits per heavy atom. The van der Waals surface area contributed by atoms with E-state index in [-0.39, 0.29) is 17.4 Å². The Hall–Kier alpha value is -1.43. The van der Waals surface area contributed by atoms with Crippen molar-refractivity contribution in [2.45, 2.75) is 0 Å². The monoisotopic (exact) mass is 215 g/mol. The van der Waals surface area contributed by atoms with Crippen molar-refractivity contribution in [2.24, 2.45) is 0 Å². The van der Waals surface area contributed by atoms with E-state index in [1.54, 1.807) is 48.5 Å². The van der Waals surface area contributed by atoms with Gasteiger partial charge in [-0.15, -0.1) is 0 Å². The number of phenols is 2. The topological polar surface area (TPSA) is 40.5 Å². The molecule has 0 unspecified atom stereocenters. The molecule has 2 aromatic rings. The highest BCUT2D eigenvalue weighted by molar-refractivity contribution is 5.75. The Bertz CT molecular complexity index is 311.